The number of hydrogen-bond donors (Lipinski definition) is 0. The summed E-state index contributed by atoms with van der Waals surface area (Å²) in [6, 6.07) is 24.2. The van der Waals surface area contributed by atoms with Crippen LogP contribution >= 0.6 is 0 Å². The minimum Gasteiger partial charge on any atom is -0.289 e. The smallest absolute Gasteiger partial charge is 0.194 e. The molecule has 139 valence electrons. The molecule has 0 saturated heterocycles. The zero-order valence-electron chi connectivity index (χ0n) is 17.0. The van der Waals surface area contributed by atoms with E-state index >= 15 is 0 Å². The van der Waals surface area contributed by atoms with Crippen molar-refractivity contribution in [1.82, 2.24) is 0 Å². The van der Waals surface area contributed by atoms with Gasteiger partial charge in [-0.2, -0.15) is 0 Å². The van der Waals surface area contributed by atoms with Crippen LogP contribution in [-0.4, -0.2) is 0 Å². The Morgan fingerprint density at radius 3 is 1.44 bits per heavy atom. The predicted octanol–water partition coefficient (Wildman–Crippen LogP) is 7.88. The Morgan fingerprint density at radius 1 is 0.667 bits per heavy atom. The molecular weight excluding hydrogens is 328 g/mol. The molecule has 3 rings (SSSR count). The SMILES string of the molecule is CC(C)(C)CC(C)(C)c1cc(-c2ccccc2)c([O])c(-c2ccccc2)c1. The number of rotatable bonds is 4. The van der Waals surface area contributed by atoms with Gasteiger partial charge in [-0.25, -0.2) is 0 Å². The minimum absolute atomic E-state index is 0.0288. The van der Waals surface area contributed by atoms with Crippen molar-refractivity contribution in [2.24, 2.45) is 5.41 Å². The Labute approximate surface area is 163 Å². The topological polar surface area (TPSA) is 19.9 Å². The average molecular weight is 358 g/mol. The highest BCUT2D eigenvalue weighted by molar-refractivity contribution is 5.83. The molecule has 0 unspecified atom stereocenters. The van der Waals surface area contributed by atoms with Gasteiger partial charge in [0.25, 0.3) is 0 Å². The molecule has 3 aromatic rings. The van der Waals surface area contributed by atoms with E-state index in [1.165, 1.54) is 5.56 Å². The van der Waals surface area contributed by atoms with Crippen LogP contribution < -0.4 is 0 Å². The van der Waals surface area contributed by atoms with E-state index in [4.69, 9.17) is 0 Å². The standard InChI is InChI=1S/C26H29O/c1-25(2,3)18-26(4,5)21-16-22(19-12-8-6-9-13-19)24(27)23(17-21)20-14-10-7-11-15-20/h6-17H,18H2,1-5H3. The number of benzene rings is 3. The largest absolute Gasteiger partial charge is 0.289 e. The Morgan fingerprint density at radius 2 is 1.07 bits per heavy atom. The molecule has 0 aliphatic carbocycles. The Balaban J connectivity index is 2.23. The second-order valence-corrected chi connectivity index (χ2v) is 9.25. The van der Waals surface area contributed by atoms with Gasteiger partial charge >= 0.3 is 0 Å². The third-order valence-corrected chi connectivity index (χ3v) is 5.01. The van der Waals surface area contributed by atoms with Gasteiger partial charge in [0.05, 0.1) is 0 Å². The molecule has 0 heterocycles. The number of hydrogen-bond acceptors (Lipinski definition) is 0. The summed E-state index contributed by atoms with van der Waals surface area (Å²) in [6.45, 7) is 11.4. The van der Waals surface area contributed by atoms with Crippen molar-refractivity contribution in [3.05, 3.63) is 78.4 Å². The molecule has 0 atom stereocenters. The van der Waals surface area contributed by atoms with Crippen LogP contribution in [0, 0.1) is 5.41 Å². The fourth-order valence-electron chi connectivity index (χ4n) is 4.11. The first-order valence-electron chi connectivity index (χ1n) is 9.64. The van der Waals surface area contributed by atoms with Crippen LogP contribution in [0.2, 0.25) is 0 Å². The maximum absolute atomic E-state index is 13.3. The molecule has 1 nitrogen and oxygen atoms in total. The summed E-state index contributed by atoms with van der Waals surface area (Å²) < 4.78 is 0. The van der Waals surface area contributed by atoms with Crippen LogP contribution in [0.15, 0.2) is 72.8 Å². The summed E-state index contributed by atoms with van der Waals surface area (Å²) >= 11 is 0. The van der Waals surface area contributed by atoms with Gasteiger partial charge in [0.2, 0.25) is 0 Å². The highest BCUT2D eigenvalue weighted by Crippen LogP contribution is 2.44. The van der Waals surface area contributed by atoms with E-state index in [2.05, 4.69) is 46.8 Å². The van der Waals surface area contributed by atoms with Gasteiger partial charge < -0.3 is 0 Å². The van der Waals surface area contributed by atoms with Gasteiger partial charge in [-0.1, -0.05) is 95.3 Å². The summed E-state index contributed by atoms with van der Waals surface area (Å²) in [4.78, 5) is 0. The summed E-state index contributed by atoms with van der Waals surface area (Å²) in [5.41, 5.74) is 4.93. The Bertz CT molecular complexity index is 839. The molecule has 1 radical (unpaired) electrons. The second-order valence-electron chi connectivity index (χ2n) is 9.25. The Hall–Kier alpha value is -2.54. The van der Waals surface area contributed by atoms with E-state index < -0.39 is 0 Å². The molecule has 0 spiro atoms. The third kappa shape index (κ3) is 4.42. The third-order valence-electron chi connectivity index (χ3n) is 5.01. The fraction of sp³-hybridized carbons (Fsp3) is 0.308. The molecule has 0 fully saturated rings. The molecule has 27 heavy (non-hydrogen) atoms. The van der Waals surface area contributed by atoms with Gasteiger partial charge in [0, 0.05) is 11.1 Å². The van der Waals surface area contributed by atoms with Crippen molar-refractivity contribution >= 4 is 0 Å². The van der Waals surface area contributed by atoms with Crippen LogP contribution in [0.25, 0.3) is 22.3 Å². The highest BCUT2D eigenvalue weighted by Gasteiger charge is 2.29. The predicted molar refractivity (Wildman–Crippen MR) is 115 cm³/mol. The van der Waals surface area contributed by atoms with Crippen molar-refractivity contribution < 1.29 is 5.11 Å². The fourth-order valence-corrected chi connectivity index (χ4v) is 4.11. The zero-order valence-corrected chi connectivity index (χ0v) is 17.0. The molecule has 0 aromatic heterocycles. The lowest BCUT2D eigenvalue weighted by Crippen LogP contribution is -2.25. The van der Waals surface area contributed by atoms with Gasteiger partial charge in [0.15, 0.2) is 5.75 Å². The lowest BCUT2D eigenvalue weighted by Gasteiger charge is -2.33. The van der Waals surface area contributed by atoms with Gasteiger partial charge in [-0.3, -0.25) is 5.11 Å². The zero-order chi connectivity index (χ0) is 19.7. The van der Waals surface area contributed by atoms with E-state index in [9.17, 15) is 5.11 Å². The van der Waals surface area contributed by atoms with Gasteiger partial charge in [-0.05, 0) is 46.1 Å². The second kappa shape index (κ2) is 7.23. The van der Waals surface area contributed by atoms with Crippen LogP contribution in [0.1, 0.15) is 46.6 Å². The maximum atomic E-state index is 13.3. The van der Waals surface area contributed by atoms with Gasteiger partial charge in [0.1, 0.15) is 0 Å². The van der Waals surface area contributed by atoms with Crippen molar-refractivity contribution in [1.29, 1.82) is 0 Å². The minimum atomic E-state index is -0.0288. The maximum Gasteiger partial charge on any atom is 0.194 e. The highest BCUT2D eigenvalue weighted by atomic mass is 16.3. The van der Waals surface area contributed by atoms with Crippen LogP contribution in [0.3, 0.4) is 0 Å². The first-order chi connectivity index (χ1) is 12.7. The van der Waals surface area contributed by atoms with Gasteiger partial charge in [-0.15, -0.1) is 0 Å². The van der Waals surface area contributed by atoms with Crippen molar-refractivity contribution in [2.45, 2.75) is 46.5 Å². The van der Waals surface area contributed by atoms with Crippen molar-refractivity contribution in [2.75, 3.05) is 0 Å². The molecule has 3 aromatic carbocycles. The van der Waals surface area contributed by atoms with Crippen LogP contribution in [-0.2, 0) is 10.5 Å². The summed E-state index contributed by atoms with van der Waals surface area (Å²) in [7, 11) is 0. The van der Waals surface area contributed by atoms with E-state index in [0.29, 0.717) is 0 Å². The first-order valence-corrected chi connectivity index (χ1v) is 9.64. The molecule has 0 aliphatic heterocycles. The molecule has 0 bridgehead atoms. The molecule has 0 N–H and O–H groups in total. The lowest BCUT2D eigenvalue weighted by molar-refractivity contribution is 0.284. The molecule has 1 heteroatoms. The van der Waals surface area contributed by atoms with Crippen LogP contribution in [0.5, 0.6) is 5.75 Å². The van der Waals surface area contributed by atoms with E-state index in [-0.39, 0.29) is 16.6 Å². The quantitative estimate of drug-likeness (QED) is 0.452. The summed E-state index contributed by atoms with van der Waals surface area (Å²) in [5, 5.41) is 13.3. The van der Waals surface area contributed by atoms with E-state index in [1.54, 1.807) is 0 Å². The molecular formula is C26H29O. The summed E-state index contributed by atoms with van der Waals surface area (Å²) in [6.07, 6.45) is 1.04. The van der Waals surface area contributed by atoms with Crippen molar-refractivity contribution in [3.8, 4) is 28.0 Å². The molecule has 0 aliphatic rings. The van der Waals surface area contributed by atoms with Crippen molar-refractivity contribution in [3.63, 3.8) is 0 Å². The average Bonchev–Trinajstić information content (AvgIpc) is 2.61. The molecule has 0 amide bonds. The molecule has 0 saturated carbocycles. The lowest BCUT2D eigenvalue weighted by atomic mass is 9.71. The van der Waals surface area contributed by atoms with E-state index in [0.717, 1.165) is 28.7 Å². The Kier molecular flexibility index (Phi) is 5.15. The normalized spacial score (nSPS) is 12.2. The monoisotopic (exact) mass is 357 g/mol. The van der Waals surface area contributed by atoms with E-state index in [1.807, 2.05) is 60.7 Å². The van der Waals surface area contributed by atoms with Crippen LogP contribution in [0.4, 0.5) is 0 Å². The first kappa shape index (κ1) is 19.2. The summed E-state index contributed by atoms with van der Waals surface area (Å²) in [5.74, 6) is 0.0997.